The van der Waals surface area contributed by atoms with Gasteiger partial charge in [-0.25, -0.2) is 9.36 Å². The van der Waals surface area contributed by atoms with Crippen LogP contribution in [0.5, 0.6) is 0 Å². The first kappa shape index (κ1) is 51.1. The van der Waals surface area contributed by atoms with Crippen LogP contribution in [0.4, 0.5) is 0 Å². The molecule has 4 atom stereocenters. The van der Waals surface area contributed by atoms with Gasteiger partial charge in [-0.2, -0.15) is 0 Å². The Balaban J connectivity index is 1.67. The van der Waals surface area contributed by atoms with Crippen LogP contribution in [-0.4, -0.2) is 59.0 Å². The van der Waals surface area contributed by atoms with Crippen molar-refractivity contribution in [3.05, 3.63) is 45.3 Å². The minimum absolute atomic E-state index is 0.0485. The summed E-state index contributed by atoms with van der Waals surface area (Å²) < 4.78 is 41.6. The van der Waals surface area contributed by atoms with E-state index in [9.17, 15) is 23.8 Å². The summed E-state index contributed by atoms with van der Waals surface area (Å²) in [5.41, 5.74) is -1.17. The van der Waals surface area contributed by atoms with Crippen molar-refractivity contribution in [2.75, 3.05) is 26.4 Å². The van der Waals surface area contributed by atoms with Crippen molar-refractivity contribution in [1.29, 1.82) is 0 Å². The summed E-state index contributed by atoms with van der Waals surface area (Å²) in [6.45, 7) is 4.37. The maximum atomic E-state index is 12.8. The minimum atomic E-state index is -4.55. The number of nitrogens with one attached hydrogen (secondary N) is 1. The lowest BCUT2D eigenvalue weighted by atomic mass is 10.0. The van der Waals surface area contributed by atoms with Crippen LogP contribution in [0.3, 0.4) is 0 Å². The summed E-state index contributed by atoms with van der Waals surface area (Å²) in [5, 5.41) is 0. The van der Waals surface area contributed by atoms with Gasteiger partial charge in [0.05, 0.1) is 19.8 Å². The fourth-order valence-electron chi connectivity index (χ4n) is 7.01. The number of aromatic amines is 1. The minimum Gasteiger partial charge on any atom is -0.457 e. The van der Waals surface area contributed by atoms with Crippen molar-refractivity contribution < 1.29 is 37.5 Å². The van der Waals surface area contributed by atoms with Gasteiger partial charge in [0, 0.05) is 25.3 Å². The molecule has 0 saturated carbocycles. The zero-order valence-corrected chi connectivity index (χ0v) is 36.6. The molecule has 1 aliphatic heterocycles. The Labute approximate surface area is 343 Å². The second kappa shape index (κ2) is 33.7. The molecule has 0 amide bonds. The number of rotatable bonds is 39. The SMILES string of the molecule is CCCCCCCCCCCCCCCCOC[C@@H](COP(=O)(O)OC[C@@H]1C=C[C@H](n2ccc(=O)[nH]c2=O)O1)OC(=O)CCCCCCCCCCCCCCC. The van der Waals surface area contributed by atoms with Crippen molar-refractivity contribution in [1.82, 2.24) is 9.55 Å². The first-order chi connectivity index (χ1) is 27.7. The third kappa shape index (κ3) is 27.3. The highest BCUT2D eigenvalue weighted by atomic mass is 31.2. The van der Waals surface area contributed by atoms with E-state index in [2.05, 4.69) is 18.8 Å². The number of hydrogen-bond donors (Lipinski definition) is 2. The molecule has 0 bridgehead atoms. The molecule has 0 aromatic carbocycles. The molecular weight excluding hydrogens is 747 g/mol. The topological polar surface area (TPSA) is 155 Å². The first-order valence-electron chi connectivity index (χ1n) is 22.8. The number of hydrogen-bond acceptors (Lipinski definition) is 9. The van der Waals surface area contributed by atoms with Gasteiger partial charge in [-0.05, 0) is 18.9 Å². The van der Waals surface area contributed by atoms with Gasteiger partial charge in [0.2, 0.25) is 0 Å². The number of aromatic nitrogens is 2. The molecule has 13 heteroatoms. The average Bonchev–Trinajstić information content (AvgIpc) is 3.66. The Morgan fingerprint density at radius 2 is 1.21 bits per heavy atom. The lowest BCUT2D eigenvalue weighted by molar-refractivity contribution is -0.154. The summed E-state index contributed by atoms with van der Waals surface area (Å²) in [4.78, 5) is 48.8. The predicted molar refractivity (Wildman–Crippen MR) is 227 cm³/mol. The van der Waals surface area contributed by atoms with Crippen molar-refractivity contribution in [3.63, 3.8) is 0 Å². The number of unbranched alkanes of at least 4 members (excludes halogenated alkanes) is 25. The third-order valence-corrected chi connectivity index (χ3v) is 11.4. The molecule has 12 nitrogen and oxygen atoms in total. The van der Waals surface area contributed by atoms with E-state index in [0.717, 1.165) is 38.5 Å². The molecule has 1 unspecified atom stereocenters. The summed E-state index contributed by atoms with van der Waals surface area (Å²) in [5.74, 6) is -0.381. The molecule has 0 spiro atoms. The maximum absolute atomic E-state index is 12.8. The summed E-state index contributed by atoms with van der Waals surface area (Å²) in [7, 11) is -4.55. The van der Waals surface area contributed by atoms with Gasteiger partial charge in [-0.3, -0.25) is 28.2 Å². The van der Waals surface area contributed by atoms with Gasteiger partial charge in [0.15, 0.2) is 6.23 Å². The normalized spacial score (nSPS) is 16.9. The van der Waals surface area contributed by atoms with Gasteiger partial charge in [0.1, 0.15) is 12.2 Å². The van der Waals surface area contributed by atoms with E-state index in [1.165, 1.54) is 152 Å². The lowest BCUT2D eigenvalue weighted by Gasteiger charge is -2.21. The van der Waals surface area contributed by atoms with Crippen LogP contribution in [0.15, 0.2) is 34.0 Å². The molecule has 2 heterocycles. The van der Waals surface area contributed by atoms with Crippen molar-refractivity contribution in [2.45, 2.75) is 212 Å². The quantitative estimate of drug-likeness (QED) is 0.0283. The lowest BCUT2D eigenvalue weighted by Crippen LogP contribution is -2.32. The number of phosphoric acid groups is 1. The highest BCUT2D eigenvalue weighted by Crippen LogP contribution is 2.44. The second-order valence-electron chi connectivity index (χ2n) is 15.8. The highest BCUT2D eigenvalue weighted by molar-refractivity contribution is 7.47. The van der Waals surface area contributed by atoms with E-state index in [-0.39, 0.29) is 32.2 Å². The van der Waals surface area contributed by atoms with Gasteiger partial charge in [-0.1, -0.05) is 180 Å². The summed E-state index contributed by atoms with van der Waals surface area (Å²) in [6.07, 6.45) is 35.9. The number of phosphoric ester groups is 1. The van der Waals surface area contributed by atoms with Crippen molar-refractivity contribution >= 4 is 13.8 Å². The highest BCUT2D eigenvalue weighted by Gasteiger charge is 2.29. The number of ether oxygens (including phenoxy) is 3. The average molecular weight is 827 g/mol. The smallest absolute Gasteiger partial charge is 0.457 e. The second-order valence-corrected chi connectivity index (χ2v) is 17.3. The fourth-order valence-corrected chi connectivity index (χ4v) is 7.78. The Hall–Kier alpha value is -2.08. The van der Waals surface area contributed by atoms with Crippen LogP contribution in [-0.2, 0) is 32.6 Å². The third-order valence-electron chi connectivity index (χ3n) is 10.5. The molecule has 0 radical (unpaired) electrons. The van der Waals surface area contributed by atoms with Crippen LogP contribution >= 0.6 is 7.82 Å². The van der Waals surface area contributed by atoms with Gasteiger partial charge < -0.3 is 19.1 Å². The summed E-state index contributed by atoms with van der Waals surface area (Å²) in [6, 6.07) is 1.20. The summed E-state index contributed by atoms with van der Waals surface area (Å²) >= 11 is 0. The monoisotopic (exact) mass is 827 g/mol. The van der Waals surface area contributed by atoms with Gasteiger partial charge in [-0.15, -0.1) is 0 Å². The van der Waals surface area contributed by atoms with E-state index in [4.69, 9.17) is 23.3 Å². The Bertz CT molecular complexity index is 1330. The zero-order chi connectivity index (χ0) is 41.2. The van der Waals surface area contributed by atoms with E-state index < -0.39 is 37.5 Å². The molecular formula is C44H79N2O10P. The molecule has 2 rings (SSSR count). The Morgan fingerprint density at radius 1 is 0.719 bits per heavy atom. The van der Waals surface area contributed by atoms with E-state index in [0.29, 0.717) is 6.61 Å². The number of nitrogens with zero attached hydrogens (tertiary/aromatic N) is 1. The largest absolute Gasteiger partial charge is 0.472 e. The zero-order valence-electron chi connectivity index (χ0n) is 35.7. The molecule has 1 aromatic rings. The first-order valence-corrected chi connectivity index (χ1v) is 24.3. The van der Waals surface area contributed by atoms with Crippen LogP contribution in [0.25, 0.3) is 0 Å². The van der Waals surface area contributed by atoms with E-state index in [1.807, 2.05) is 0 Å². The molecule has 0 fully saturated rings. The van der Waals surface area contributed by atoms with Crippen molar-refractivity contribution in [3.8, 4) is 0 Å². The fraction of sp³-hybridized carbons (Fsp3) is 0.841. The van der Waals surface area contributed by atoms with Crippen LogP contribution in [0.1, 0.15) is 200 Å². The molecule has 0 aliphatic carbocycles. The van der Waals surface area contributed by atoms with Crippen molar-refractivity contribution in [2.24, 2.45) is 0 Å². The number of esters is 1. The van der Waals surface area contributed by atoms with Crippen LogP contribution in [0.2, 0.25) is 0 Å². The van der Waals surface area contributed by atoms with Gasteiger partial charge >= 0.3 is 19.5 Å². The molecule has 57 heavy (non-hydrogen) atoms. The predicted octanol–water partition coefficient (Wildman–Crippen LogP) is 11.0. The molecule has 1 aromatic heterocycles. The van der Waals surface area contributed by atoms with E-state index in [1.54, 1.807) is 12.2 Å². The van der Waals surface area contributed by atoms with E-state index >= 15 is 0 Å². The molecule has 2 N–H and O–H groups in total. The Morgan fingerprint density at radius 3 is 1.72 bits per heavy atom. The maximum Gasteiger partial charge on any atom is 0.472 e. The molecule has 330 valence electrons. The molecule has 0 saturated heterocycles. The Kier molecular flexibility index (Phi) is 30.2. The van der Waals surface area contributed by atoms with Crippen LogP contribution in [0, 0.1) is 0 Å². The van der Waals surface area contributed by atoms with Gasteiger partial charge in [0.25, 0.3) is 5.56 Å². The van der Waals surface area contributed by atoms with Crippen LogP contribution < -0.4 is 11.2 Å². The standard InChI is InChI=1S/C44H79N2O10P/c1-3-5-7-9-11-13-15-17-19-21-23-25-27-29-35-52-36-40(56-43(48)30-28-26-24-22-20-18-16-14-12-10-8-6-4-2)38-54-57(50,51)53-37-39-31-32-42(55-39)46-34-33-41(47)45-44(46)49/h31-34,39-40,42H,3-30,35-38H2,1-2H3,(H,50,51)(H,45,47,49)/t39-,40-,42+/m0/s1. The number of carbonyl (C=O) groups is 1. The number of H-pyrrole nitrogens is 1. The molecule has 1 aliphatic rings. The number of carbonyl (C=O) groups excluding carboxylic acids is 1.